The molecule has 0 N–H and O–H groups in total. The largest absolute Gasteiger partial charge is 0.347 e. The number of likely N-dealkylation sites (tertiary alicyclic amines) is 1. The topological polar surface area (TPSA) is 73.7 Å². The number of unbranched alkanes of at least 4 members (excludes halogenated alkanes) is 1. The Morgan fingerprint density at radius 1 is 1.30 bits per heavy atom. The Labute approximate surface area is 161 Å². The van der Waals surface area contributed by atoms with Crippen LogP contribution >= 0.6 is 11.3 Å². The minimum Gasteiger partial charge on any atom is -0.347 e. The number of amides is 1. The second kappa shape index (κ2) is 7.33. The van der Waals surface area contributed by atoms with Crippen molar-refractivity contribution < 1.29 is 14.3 Å². The standard InChI is InChI=1S/C19H25N3O4S/c1-3-4-7-22-12-20-16-14(17(22)23)13(2)15(27-16)18(24)21-8-5-19(6-9-21)25-10-11-26-19/h12H,3-11H2,1-2H3. The van der Waals surface area contributed by atoms with Crippen LogP contribution in [-0.4, -0.2) is 52.4 Å². The molecule has 2 aromatic heterocycles. The minimum absolute atomic E-state index is 0.0251. The van der Waals surface area contributed by atoms with Crippen molar-refractivity contribution in [3.8, 4) is 0 Å². The van der Waals surface area contributed by atoms with Gasteiger partial charge in [-0.15, -0.1) is 11.3 Å². The van der Waals surface area contributed by atoms with E-state index in [0.717, 1.165) is 18.4 Å². The van der Waals surface area contributed by atoms with Crippen LogP contribution in [0, 0.1) is 6.92 Å². The maximum Gasteiger partial charge on any atom is 0.264 e. The van der Waals surface area contributed by atoms with Gasteiger partial charge in [0.1, 0.15) is 4.83 Å². The maximum absolute atomic E-state index is 13.1. The van der Waals surface area contributed by atoms with Crippen molar-refractivity contribution in [2.24, 2.45) is 0 Å². The smallest absolute Gasteiger partial charge is 0.264 e. The highest BCUT2D eigenvalue weighted by molar-refractivity contribution is 7.20. The number of aromatic nitrogens is 2. The molecule has 2 aromatic rings. The van der Waals surface area contributed by atoms with Gasteiger partial charge in [-0.3, -0.25) is 14.2 Å². The van der Waals surface area contributed by atoms with Crippen molar-refractivity contribution in [3.63, 3.8) is 0 Å². The van der Waals surface area contributed by atoms with Crippen LogP contribution in [0.3, 0.4) is 0 Å². The predicted octanol–water partition coefficient (Wildman–Crippen LogP) is 2.55. The summed E-state index contributed by atoms with van der Waals surface area (Å²) in [6.07, 6.45) is 4.92. The lowest BCUT2D eigenvalue weighted by molar-refractivity contribution is -0.181. The highest BCUT2D eigenvalue weighted by atomic mass is 32.1. The predicted molar refractivity (Wildman–Crippen MR) is 103 cm³/mol. The quantitative estimate of drug-likeness (QED) is 0.801. The van der Waals surface area contributed by atoms with Crippen LogP contribution in [-0.2, 0) is 16.0 Å². The van der Waals surface area contributed by atoms with Gasteiger partial charge in [0.25, 0.3) is 11.5 Å². The number of hydrogen-bond acceptors (Lipinski definition) is 6. The van der Waals surface area contributed by atoms with Gasteiger partial charge in [0.05, 0.1) is 29.8 Å². The Morgan fingerprint density at radius 3 is 2.67 bits per heavy atom. The molecule has 27 heavy (non-hydrogen) atoms. The van der Waals surface area contributed by atoms with E-state index in [9.17, 15) is 9.59 Å². The monoisotopic (exact) mass is 391 g/mol. The molecule has 8 heteroatoms. The molecule has 0 radical (unpaired) electrons. The highest BCUT2D eigenvalue weighted by Crippen LogP contribution is 2.33. The summed E-state index contributed by atoms with van der Waals surface area (Å²) in [6.45, 7) is 7.05. The number of thiophene rings is 1. The van der Waals surface area contributed by atoms with E-state index in [2.05, 4.69) is 11.9 Å². The molecule has 0 bridgehead atoms. The van der Waals surface area contributed by atoms with E-state index in [1.54, 1.807) is 10.9 Å². The number of fused-ring (bicyclic) bond motifs is 1. The van der Waals surface area contributed by atoms with Crippen molar-refractivity contribution in [1.29, 1.82) is 0 Å². The van der Waals surface area contributed by atoms with E-state index in [1.165, 1.54) is 11.3 Å². The van der Waals surface area contributed by atoms with Crippen molar-refractivity contribution >= 4 is 27.5 Å². The Morgan fingerprint density at radius 2 is 2.00 bits per heavy atom. The van der Waals surface area contributed by atoms with E-state index in [-0.39, 0.29) is 11.5 Å². The number of carbonyl (C=O) groups excluding carboxylic acids is 1. The van der Waals surface area contributed by atoms with Gasteiger partial charge in [0.2, 0.25) is 0 Å². The van der Waals surface area contributed by atoms with Crippen molar-refractivity contribution in [3.05, 3.63) is 27.1 Å². The minimum atomic E-state index is -0.499. The Kier molecular flexibility index (Phi) is 5.05. The first-order valence-corrected chi connectivity index (χ1v) is 10.4. The Hall–Kier alpha value is -1.77. The highest BCUT2D eigenvalue weighted by Gasteiger charge is 2.41. The molecular weight excluding hydrogens is 366 g/mol. The van der Waals surface area contributed by atoms with Gasteiger partial charge in [-0.1, -0.05) is 13.3 Å². The van der Waals surface area contributed by atoms with E-state index >= 15 is 0 Å². The molecule has 7 nitrogen and oxygen atoms in total. The van der Waals surface area contributed by atoms with Gasteiger partial charge in [0.15, 0.2) is 5.79 Å². The SMILES string of the molecule is CCCCn1cnc2sc(C(=O)N3CCC4(CC3)OCCO4)c(C)c2c1=O. The third-order valence-corrected chi connectivity index (χ3v) is 6.68. The molecule has 2 fully saturated rings. The van der Waals surface area contributed by atoms with Crippen molar-refractivity contribution in [2.75, 3.05) is 26.3 Å². The normalized spacial score (nSPS) is 19.3. The first-order valence-electron chi connectivity index (χ1n) is 9.60. The number of nitrogens with zero attached hydrogens (tertiary/aromatic N) is 3. The van der Waals surface area contributed by atoms with Crippen LogP contribution in [0.25, 0.3) is 10.2 Å². The van der Waals surface area contributed by atoms with Crippen LogP contribution in [0.1, 0.15) is 47.8 Å². The number of carbonyl (C=O) groups is 1. The number of piperidine rings is 1. The van der Waals surface area contributed by atoms with E-state index in [1.807, 2.05) is 11.8 Å². The van der Waals surface area contributed by atoms with Crippen LogP contribution in [0.15, 0.2) is 11.1 Å². The average molecular weight is 391 g/mol. The van der Waals surface area contributed by atoms with E-state index in [0.29, 0.717) is 60.8 Å². The zero-order valence-electron chi connectivity index (χ0n) is 15.8. The lowest BCUT2D eigenvalue weighted by Gasteiger charge is -2.37. The maximum atomic E-state index is 13.1. The van der Waals surface area contributed by atoms with Gasteiger partial charge in [-0.2, -0.15) is 0 Å². The van der Waals surface area contributed by atoms with Gasteiger partial charge in [0, 0.05) is 32.5 Å². The third-order valence-electron chi connectivity index (χ3n) is 5.49. The summed E-state index contributed by atoms with van der Waals surface area (Å²) in [5.41, 5.74) is 0.698. The van der Waals surface area contributed by atoms with Gasteiger partial charge < -0.3 is 14.4 Å². The Bertz CT molecular complexity index is 904. The Balaban J connectivity index is 1.58. The molecule has 0 atom stereocenters. The van der Waals surface area contributed by atoms with Crippen LogP contribution in [0.4, 0.5) is 0 Å². The molecule has 1 amide bonds. The zero-order valence-corrected chi connectivity index (χ0v) is 16.6. The average Bonchev–Trinajstić information content (AvgIpc) is 3.26. The lowest BCUT2D eigenvalue weighted by atomic mass is 10.0. The second-order valence-electron chi connectivity index (χ2n) is 7.23. The van der Waals surface area contributed by atoms with Gasteiger partial charge in [-0.05, 0) is 18.9 Å². The fraction of sp³-hybridized carbons (Fsp3) is 0.632. The second-order valence-corrected chi connectivity index (χ2v) is 8.23. The summed E-state index contributed by atoms with van der Waals surface area (Å²) in [5, 5.41) is 0.581. The lowest BCUT2D eigenvalue weighted by Crippen LogP contribution is -2.47. The molecule has 4 heterocycles. The van der Waals surface area contributed by atoms with Crippen molar-refractivity contribution in [1.82, 2.24) is 14.5 Å². The molecule has 0 unspecified atom stereocenters. The fourth-order valence-corrected chi connectivity index (χ4v) is 4.94. The molecule has 2 saturated heterocycles. The van der Waals surface area contributed by atoms with Crippen LogP contribution in [0.2, 0.25) is 0 Å². The number of aryl methyl sites for hydroxylation is 2. The summed E-state index contributed by atoms with van der Waals surface area (Å²) in [6, 6.07) is 0. The summed E-state index contributed by atoms with van der Waals surface area (Å²) < 4.78 is 13.1. The summed E-state index contributed by atoms with van der Waals surface area (Å²) in [5.74, 6) is -0.525. The number of rotatable bonds is 4. The van der Waals surface area contributed by atoms with Crippen LogP contribution in [0.5, 0.6) is 0 Å². The van der Waals surface area contributed by atoms with Gasteiger partial charge >= 0.3 is 0 Å². The summed E-state index contributed by atoms with van der Waals surface area (Å²) in [4.78, 5) is 33.4. The first-order chi connectivity index (χ1) is 13.0. The number of hydrogen-bond donors (Lipinski definition) is 0. The third kappa shape index (κ3) is 3.30. The molecule has 0 aliphatic carbocycles. The van der Waals surface area contributed by atoms with E-state index < -0.39 is 5.79 Å². The molecule has 1 spiro atoms. The first kappa shape index (κ1) is 18.6. The van der Waals surface area contributed by atoms with E-state index in [4.69, 9.17) is 9.47 Å². The molecule has 2 aliphatic heterocycles. The molecule has 2 aliphatic rings. The molecule has 0 aromatic carbocycles. The molecule has 146 valence electrons. The van der Waals surface area contributed by atoms with Crippen LogP contribution < -0.4 is 5.56 Å². The molecular formula is C19H25N3O4S. The van der Waals surface area contributed by atoms with Gasteiger partial charge in [-0.25, -0.2) is 4.98 Å². The number of ether oxygens (including phenoxy) is 2. The summed E-state index contributed by atoms with van der Waals surface area (Å²) in [7, 11) is 0. The summed E-state index contributed by atoms with van der Waals surface area (Å²) >= 11 is 1.32. The molecule has 0 saturated carbocycles. The zero-order chi connectivity index (χ0) is 19.0. The molecule has 4 rings (SSSR count). The fourth-order valence-electron chi connectivity index (χ4n) is 3.83. The van der Waals surface area contributed by atoms with Crippen molar-refractivity contribution in [2.45, 2.75) is 51.9 Å².